The van der Waals surface area contributed by atoms with Crippen molar-refractivity contribution >= 4 is 32.7 Å². The monoisotopic (exact) mass is 537 g/mol. The highest BCUT2D eigenvalue weighted by Crippen LogP contribution is 2.31. The Hall–Kier alpha value is -5.81. The Bertz CT molecular complexity index is 2230. The minimum Gasteiger partial charge on any atom is -0.255 e. The lowest BCUT2D eigenvalue weighted by Gasteiger charge is -2.10. The van der Waals surface area contributed by atoms with Crippen molar-refractivity contribution in [3.8, 4) is 45.3 Å². The lowest BCUT2D eigenvalue weighted by molar-refractivity contribution is 1.23. The number of hydrogen-bond donors (Lipinski definition) is 0. The van der Waals surface area contributed by atoms with E-state index in [-0.39, 0.29) is 0 Å². The summed E-state index contributed by atoms with van der Waals surface area (Å²) in [5.74, 6) is 0.697. The molecule has 0 aliphatic rings. The van der Waals surface area contributed by atoms with Gasteiger partial charge in [0.15, 0.2) is 5.82 Å². The van der Waals surface area contributed by atoms with E-state index in [4.69, 9.17) is 19.9 Å². The predicted octanol–water partition coefficient (Wildman–Crippen LogP) is 8.79. The highest BCUT2D eigenvalue weighted by Gasteiger charge is 2.13. The van der Waals surface area contributed by atoms with Gasteiger partial charge in [-0.1, -0.05) is 103 Å². The van der Waals surface area contributed by atoms with E-state index in [2.05, 4.69) is 77.8 Å². The first kappa shape index (κ1) is 24.0. The molecule has 5 nitrogen and oxygen atoms in total. The Morgan fingerprint density at radius 1 is 0.381 bits per heavy atom. The van der Waals surface area contributed by atoms with Crippen LogP contribution in [-0.2, 0) is 0 Å². The molecule has 0 aliphatic carbocycles. The molecule has 0 N–H and O–H groups in total. The van der Waals surface area contributed by atoms with Crippen LogP contribution in [0.1, 0.15) is 0 Å². The summed E-state index contributed by atoms with van der Waals surface area (Å²) in [5.41, 5.74) is 9.19. The smallest absolute Gasteiger partial charge is 0.160 e. The molecule has 8 aromatic rings. The van der Waals surface area contributed by atoms with Crippen molar-refractivity contribution in [1.82, 2.24) is 24.9 Å². The number of rotatable bonds is 4. The van der Waals surface area contributed by atoms with E-state index >= 15 is 0 Å². The molecule has 0 saturated heterocycles. The molecule has 42 heavy (non-hydrogen) atoms. The molecular weight excluding hydrogens is 514 g/mol. The molecule has 4 heterocycles. The highest BCUT2D eigenvalue weighted by molar-refractivity contribution is 6.04. The Morgan fingerprint density at radius 2 is 1.02 bits per heavy atom. The van der Waals surface area contributed by atoms with Crippen LogP contribution in [0.2, 0.25) is 0 Å². The van der Waals surface area contributed by atoms with Gasteiger partial charge >= 0.3 is 0 Å². The standard InChI is InChI=1S/C37H23N5/c1-2-8-25(9-3-1)34-29-10-4-5-11-31(29)41-37(42-34)28-17-13-24(14-18-28)30-21-19-26-15-16-27-20-22-33(32-12-6-7-23-38-32)40-36(27)35(26)39-30/h1-23H. The number of aromatic nitrogens is 5. The van der Waals surface area contributed by atoms with Crippen molar-refractivity contribution in [2.45, 2.75) is 0 Å². The highest BCUT2D eigenvalue weighted by atomic mass is 14.9. The summed E-state index contributed by atoms with van der Waals surface area (Å²) in [6.07, 6.45) is 1.79. The summed E-state index contributed by atoms with van der Waals surface area (Å²) < 4.78 is 0. The van der Waals surface area contributed by atoms with Gasteiger partial charge in [-0.2, -0.15) is 0 Å². The van der Waals surface area contributed by atoms with Crippen LogP contribution in [0, 0.1) is 0 Å². The fourth-order valence-electron chi connectivity index (χ4n) is 5.40. The van der Waals surface area contributed by atoms with Gasteiger partial charge in [-0.3, -0.25) is 4.98 Å². The van der Waals surface area contributed by atoms with Crippen LogP contribution >= 0.6 is 0 Å². The minimum absolute atomic E-state index is 0.697. The molecule has 0 radical (unpaired) electrons. The Labute approximate surface area is 242 Å². The Balaban J connectivity index is 1.20. The van der Waals surface area contributed by atoms with E-state index < -0.39 is 0 Å². The molecule has 4 aromatic carbocycles. The number of nitrogens with zero attached hydrogens (tertiary/aromatic N) is 5. The molecule has 5 heteroatoms. The van der Waals surface area contributed by atoms with Crippen LogP contribution in [0.5, 0.6) is 0 Å². The van der Waals surface area contributed by atoms with E-state index in [0.29, 0.717) is 5.82 Å². The molecule has 0 amide bonds. The van der Waals surface area contributed by atoms with Crippen molar-refractivity contribution in [1.29, 1.82) is 0 Å². The fourth-order valence-corrected chi connectivity index (χ4v) is 5.40. The zero-order valence-electron chi connectivity index (χ0n) is 22.5. The molecule has 0 bridgehead atoms. The SMILES string of the molecule is c1ccc(-c2nc(-c3ccc(-c4ccc5ccc6ccc(-c7ccccn7)nc6c5n4)cc3)nc3ccccc23)cc1. The van der Waals surface area contributed by atoms with Gasteiger partial charge in [0.2, 0.25) is 0 Å². The molecule has 0 aliphatic heterocycles. The first-order chi connectivity index (χ1) is 20.8. The first-order valence-electron chi connectivity index (χ1n) is 13.9. The second kappa shape index (κ2) is 9.98. The van der Waals surface area contributed by atoms with E-state index in [1.807, 2.05) is 60.7 Å². The first-order valence-corrected chi connectivity index (χ1v) is 13.9. The maximum atomic E-state index is 5.09. The zero-order chi connectivity index (χ0) is 27.9. The lowest BCUT2D eigenvalue weighted by atomic mass is 10.0. The molecule has 0 atom stereocenters. The summed E-state index contributed by atoms with van der Waals surface area (Å²) in [6, 6.07) is 45.1. The van der Waals surface area contributed by atoms with E-state index in [1.54, 1.807) is 6.20 Å². The molecule has 0 unspecified atom stereocenters. The van der Waals surface area contributed by atoms with E-state index in [9.17, 15) is 0 Å². The molecule has 4 aromatic heterocycles. The summed E-state index contributed by atoms with van der Waals surface area (Å²) in [7, 11) is 0. The molecule has 0 fully saturated rings. The largest absolute Gasteiger partial charge is 0.255 e. The third kappa shape index (κ3) is 4.25. The second-order valence-corrected chi connectivity index (χ2v) is 10.2. The fraction of sp³-hybridized carbons (Fsp3) is 0. The van der Waals surface area contributed by atoms with Crippen LogP contribution < -0.4 is 0 Å². The third-order valence-corrected chi connectivity index (χ3v) is 7.54. The van der Waals surface area contributed by atoms with Crippen molar-refractivity contribution in [2.75, 3.05) is 0 Å². The quantitative estimate of drug-likeness (QED) is 0.210. The number of benzene rings is 4. The molecular formula is C37H23N5. The minimum atomic E-state index is 0.697. The maximum absolute atomic E-state index is 5.09. The number of hydrogen-bond acceptors (Lipinski definition) is 5. The van der Waals surface area contributed by atoms with Crippen LogP contribution in [0.3, 0.4) is 0 Å². The summed E-state index contributed by atoms with van der Waals surface area (Å²) >= 11 is 0. The number of fused-ring (bicyclic) bond motifs is 4. The van der Waals surface area contributed by atoms with Crippen LogP contribution in [0.4, 0.5) is 0 Å². The topological polar surface area (TPSA) is 64.5 Å². The number of pyridine rings is 3. The lowest BCUT2D eigenvalue weighted by Crippen LogP contribution is -1.95. The van der Waals surface area contributed by atoms with Crippen LogP contribution in [0.25, 0.3) is 78.0 Å². The van der Waals surface area contributed by atoms with Crippen LogP contribution in [-0.4, -0.2) is 24.9 Å². The Morgan fingerprint density at radius 3 is 1.79 bits per heavy atom. The zero-order valence-corrected chi connectivity index (χ0v) is 22.5. The van der Waals surface area contributed by atoms with Gasteiger partial charge in [-0.05, 0) is 30.3 Å². The third-order valence-electron chi connectivity index (χ3n) is 7.54. The summed E-state index contributed by atoms with van der Waals surface area (Å²) in [6.45, 7) is 0. The Kier molecular flexibility index (Phi) is 5.71. The molecule has 0 spiro atoms. The van der Waals surface area contributed by atoms with Crippen molar-refractivity contribution in [2.24, 2.45) is 0 Å². The summed E-state index contributed by atoms with van der Waals surface area (Å²) in [5, 5.41) is 3.13. The molecule has 8 rings (SSSR count). The second-order valence-electron chi connectivity index (χ2n) is 10.2. The van der Waals surface area contributed by atoms with Gasteiger partial charge in [0.25, 0.3) is 0 Å². The number of para-hydroxylation sites is 1. The van der Waals surface area contributed by atoms with E-state index in [1.165, 1.54) is 0 Å². The van der Waals surface area contributed by atoms with Crippen molar-refractivity contribution in [3.05, 3.63) is 140 Å². The van der Waals surface area contributed by atoms with Crippen molar-refractivity contribution in [3.63, 3.8) is 0 Å². The van der Waals surface area contributed by atoms with Gasteiger partial charge in [0.05, 0.1) is 39.3 Å². The maximum Gasteiger partial charge on any atom is 0.160 e. The predicted molar refractivity (Wildman–Crippen MR) is 170 cm³/mol. The molecule has 0 saturated carbocycles. The summed E-state index contributed by atoms with van der Waals surface area (Å²) in [4.78, 5) is 24.5. The van der Waals surface area contributed by atoms with Gasteiger partial charge in [-0.15, -0.1) is 0 Å². The molecule has 196 valence electrons. The van der Waals surface area contributed by atoms with Gasteiger partial charge in [-0.25, -0.2) is 19.9 Å². The average Bonchev–Trinajstić information content (AvgIpc) is 3.08. The van der Waals surface area contributed by atoms with E-state index in [0.717, 1.165) is 72.2 Å². The van der Waals surface area contributed by atoms with Crippen molar-refractivity contribution < 1.29 is 0 Å². The van der Waals surface area contributed by atoms with Gasteiger partial charge in [0.1, 0.15) is 0 Å². The average molecular weight is 538 g/mol. The van der Waals surface area contributed by atoms with Crippen LogP contribution in [0.15, 0.2) is 140 Å². The van der Waals surface area contributed by atoms with Gasteiger partial charge < -0.3 is 0 Å². The van der Waals surface area contributed by atoms with Gasteiger partial charge in [0, 0.05) is 39.0 Å². The normalized spacial score (nSPS) is 11.3.